The fourth-order valence-electron chi connectivity index (χ4n) is 3.98. The number of hydrogen-bond acceptors (Lipinski definition) is 4. The van der Waals surface area contributed by atoms with Crippen LogP contribution >= 0.6 is 11.6 Å². The molecule has 2 aromatic rings. The molecule has 0 radical (unpaired) electrons. The molecule has 34 heavy (non-hydrogen) atoms. The Hall–Kier alpha value is -2.82. The van der Waals surface area contributed by atoms with Crippen molar-refractivity contribution in [2.24, 2.45) is 0 Å². The van der Waals surface area contributed by atoms with Gasteiger partial charge in [0.25, 0.3) is 17.4 Å². The van der Waals surface area contributed by atoms with Crippen molar-refractivity contribution >= 4 is 29.1 Å². The molecule has 1 aliphatic rings. The fraction of sp³-hybridized carbons (Fsp3) is 0.455. The third-order valence-corrected chi connectivity index (χ3v) is 6.07. The summed E-state index contributed by atoms with van der Waals surface area (Å²) in [6.45, 7) is 2.71. The van der Waals surface area contributed by atoms with E-state index in [-0.39, 0.29) is 18.5 Å². The molecular weight excluding hydrogens is 483 g/mol. The summed E-state index contributed by atoms with van der Waals surface area (Å²) in [6.07, 6.45) is -0.635. The summed E-state index contributed by atoms with van der Waals surface area (Å²) in [5.74, 6) is -8.42. The summed E-state index contributed by atoms with van der Waals surface area (Å²) in [4.78, 5) is 33.6. The summed E-state index contributed by atoms with van der Waals surface area (Å²) in [6, 6.07) is 4.99. The predicted octanol–water partition coefficient (Wildman–Crippen LogP) is 4.54. The van der Waals surface area contributed by atoms with Gasteiger partial charge >= 0.3 is 0 Å². The van der Waals surface area contributed by atoms with Gasteiger partial charge in [-0.05, 0) is 38.8 Å². The maximum Gasteiger partial charge on any atom is 0.278 e. The molecule has 1 fully saturated rings. The van der Waals surface area contributed by atoms with Crippen molar-refractivity contribution in [2.45, 2.75) is 62.7 Å². The lowest BCUT2D eigenvalue weighted by atomic mass is 9.87. The van der Waals surface area contributed by atoms with Crippen LogP contribution in [0.15, 0.2) is 30.6 Å². The van der Waals surface area contributed by atoms with Gasteiger partial charge < -0.3 is 5.32 Å². The highest BCUT2D eigenvalue weighted by Crippen LogP contribution is 2.38. The Labute approximate surface area is 197 Å². The molecule has 2 amide bonds. The number of nitrogens with one attached hydrogen (secondary N) is 1. The molecule has 3 rings (SSSR count). The Morgan fingerprint density at radius 1 is 1.15 bits per heavy atom. The molecule has 12 heteroatoms. The zero-order valence-corrected chi connectivity index (χ0v) is 19.1. The van der Waals surface area contributed by atoms with Crippen LogP contribution < -0.4 is 10.2 Å². The Balaban J connectivity index is 2.15. The number of amides is 2. The van der Waals surface area contributed by atoms with Gasteiger partial charge in [-0.15, -0.1) is 0 Å². The molecule has 0 bridgehead atoms. The Morgan fingerprint density at radius 2 is 1.68 bits per heavy atom. The number of hydrogen-bond donors (Lipinski definition) is 1. The smallest absolute Gasteiger partial charge is 0.278 e. The van der Waals surface area contributed by atoms with Gasteiger partial charge in [0.05, 0.1) is 5.56 Å². The summed E-state index contributed by atoms with van der Waals surface area (Å²) in [5, 5.41) is 2.49. The number of benzene rings is 1. The zero-order chi connectivity index (χ0) is 25.3. The van der Waals surface area contributed by atoms with Crippen molar-refractivity contribution in [3.05, 3.63) is 53.6 Å². The minimum Gasteiger partial charge on any atom is -0.351 e. The lowest BCUT2D eigenvalue weighted by Gasteiger charge is -2.41. The third-order valence-electron chi connectivity index (χ3n) is 5.88. The molecule has 1 N–H and O–H groups in total. The number of alkyl halides is 4. The number of rotatable bonds is 6. The Kier molecular flexibility index (Phi) is 7.44. The van der Waals surface area contributed by atoms with Gasteiger partial charge in [0.2, 0.25) is 17.8 Å². The molecule has 0 spiro atoms. The number of halogens is 6. The number of carbonyl (C=O) groups excluding carboxylic acids is 2. The van der Waals surface area contributed by atoms with E-state index < -0.39 is 65.2 Å². The summed E-state index contributed by atoms with van der Waals surface area (Å²) in [5.41, 5.74) is -5.61. The third kappa shape index (κ3) is 5.13. The minimum absolute atomic E-state index is 0.0885. The maximum absolute atomic E-state index is 14.9. The normalized spacial score (nSPS) is 18.6. The first kappa shape index (κ1) is 25.8. The van der Waals surface area contributed by atoms with E-state index in [4.69, 9.17) is 11.6 Å². The van der Waals surface area contributed by atoms with Crippen molar-refractivity contribution in [2.75, 3.05) is 4.90 Å². The van der Waals surface area contributed by atoms with Crippen molar-refractivity contribution < 1.29 is 31.5 Å². The van der Waals surface area contributed by atoms with Crippen LogP contribution in [0, 0.1) is 18.8 Å². The van der Waals surface area contributed by atoms with E-state index in [0.717, 1.165) is 12.5 Å². The first-order valence-electron chi connectivity index (χ1n) is 10.4. The van der Waals surface area contributed by atoms with Crippen LogP contribution in [0.25, 0.3) is 0 Å². The van der Waals surface area contributed by atoms with E-state index in [1.807, 2.05) is 0 Å². The number of aromatic nitrogens is 2. The Morgan fingerprint density at radius 3 is 2.18 bits per heavy atom. The van der Waals surface area contributed by atoms with Gasteiger partial charge in [-0.1, -0.05) is 29.3 Å². The largest absolute Gasteiger partial charge is 0.351 e. The second-order valence-corrected chi connectivity index (χ2v) is 8.70. The van der Waals surface area contributed by atoms with Gasteiger partial charge in [0.15, 0.2) is 5.54 Å². The van der Waals surface area contributed by atoms with E-state index >= 15 is 0 Å². The van der Waals surface area contributed by atoms with Gasteiger partial charge in [0.1, 0.15) is 6.33 Å². The average molecular weight is 505 g/mol. The molecule has 1 aliphatic carbocycles. The Bertz CT molecular complexity index is 1040. The molecule has 0 saturated heterocycles. The lowest BCUT2D eigenvalue weighted by Crippen LogP contribution is -2.61. The van der Waals surface area contributed by atoms with Crippen LogP contribution in [0.3, 0.4) is 0 Å². The van der Waals surface area contributed by atoms with Crippen molar-refractivity contribution in [3.8, 4) is 0 Å². The standard InChI is InChI=1S/C22H22ClF5N4O2/c1-12-3-5-14(6-4-12)32(19(33)16(23)24)21(2,15-17(25)29-11-30-18(15)26)20(34)31-13-7-9-22(27,28)10-8-13/h3-6,11,13,16H,7-10H2,1-2H3,(H,31,34)/t16-,21+/m0/s1. The van der Waals surface area contributed by atoms with Crippen molar-refractivity contribution in [3.63, 3.8) is 0 Å². The molecule has 6 nitrogen and oxygen atoms in total. The number of carbonyl (C=O) groups is 2. The monoisotopic (exact) mass is 504 g/mol. The second-order valence-electron chi connectivity index (χ2n) is 8.32. The molecule has 1 heterocycles. The molecular formula is C22H22ClF5N4O2. The second kappa shape index (κ2) is 9.81. The highest BCUT2D eigenvalue weighted by molar-refractivity contribution is 6.32. The average Bonchev–Trinajstić information content (AvgIpc) is 2.76. The first-order chi connectivity index (χ1) is 15.9. The van der Waals surface area contributed by atoms with Crippen LogP contribution in [0.1, 0.15) is 43.7 Å². The SMILES string of the molecule is Cc1ccc(N(C(=O)[C@H](F)Cl)[C@@](C)(C(=O)NC2CCC(F)(F)CC2)c2c(F)ncnc2F)cc1. The van der Waals surface area contributed by atoms with Crippen LogP contribution in [-0.4, -0.2) is 39.4 Å². The molecule has 0 unspecified atom stereocenters. The minimum atomic E-state index is -2.89. The highest BCUT2D eigenvalue weighted by Gasteiger charge is 2.51. The van der Waals surface area contributed by atoms with Gasteiger partial charge in [0, 0.05) is 24.6 Å². The highest BCUT2D eigenvalue weighted by atomic mass is 35.5. The first-order valence-corrected chi connectivity index (χ1v) is 10.8. The molecule has 1 saturated carbocycles. The van der Waals surface area contributed by atoms with E-state index in [1.165, 1.54) is 24.3 Å². The summed E-state index contributed by atoms with van der Waals surface area (Å²) >= 11 is 5.41. The molecule has 184 valence electrons. The van der Waals surface area contributed by atoms with Gasteiger partial charge in [-0.25, -0.2) is 23.1 Å². The summed E-state index contributed by atoms with van der Waals surface area (Å²) < 4.78 is 70.9. The van der Waals surface area contributed by atoms with E-state index in [0.29, 0.717) is 11.2 Å². The number of nitrogens with zero attached hydrogens (tertiary/aromatic N) is 3. The van der Waals surface area contributed by atoms with Crippen LogP contribution in [0.4, 0.5) is 27.6 Å². The lowest BCUT2D eigenvalue weighted by molar-refractivity contribution is -0.132. The topological polar surface area (TPSA) is 75.2 Å². The fourth-order valence-corrected chi connectivity index (χ4v) is 4.08. The number of anilines is 1. The van der Waals surface area contributed by atoms with Crippen LogP contribution in [0.2, 0.25) is 0 Å². The quantitative estimate of drug-likeness (QED) is 0.356. The predicted molar refractivity (Wildman–Crippen MR) is 114 cm³/mol. The van der Waals surface area contributed by atoms with Gasteiger partial charge in [-0.2, -0.15) is 8.78 Å². The van der Waals surface area contributed by atoms with E-state index in [9.17, 15) is 31.5 Å². The number of aryl methyl sites for hydroxylation is 1. The maximum atomic E-state index is 14.9. The van der Waals surface area contributed by atoms with Crippen molar-refractivity contribution in [1.82, 2.24) is 15.3 Å². The van der Waals surface area contributed by atoms with E-state index in [2.05, 4.69) is 15.3 Å². The summed E-state index contributed by atoms with van der Waals surface area (Å²) in [7, 11) is 0. The molecule has 1 aromatic carbocycles. The molecule has 0 aliphatic heterocycles. The zero-order valence-electron chi connectivity index (χ0n) is 18.3. The van der Waals surface area contributed by atoms with Crippen LogP contribution in [-0.2, 0) is 15.1 Å². The van der Waals surface area contributed by atoms with E-state index in [1.54, 1.807) is 6.92 Å². The van der Waals surface area contributed by atoms with Gasteiger partial charge in [-0.3, -0.25) is 14.5 Å². The molecule has 2 atom stereocenters. The van der Waals surface area contributed by atoms with Crippen LogP contribution in [0.5, 0.6) is 0 Å². The van der Waals surface area contributed by atoms with Crippen molar-refractivity contribution in [1.29, 1.82) is 0 Å². The molecule has 1 aromatic heterocycles.